The molecule has 0 bridgehead atoms. The Labute approximate surface area is 85.8 Å². The maximum atomic E-state index is 10.9. The fraction of sp³-hybridized carbons (Fsp3) is 0.909. The molecule has 0 aromatic rings. The molecule has 1 rings (SSSR count). The average molecular weight is 200 g/mol. The molecule has 1 fully saturated rings. The fourth-order valence-corrected chi connectivity index (χ4v) is 1.52. The van der Waals surface area contributed by atoms with Crippen molar-refractivity contribution in [2.45, 2.75) is 39.0 Å². The van der Waals surface area contributed by atoms with E-state index in [1.54, 1.807) is 0 Å². The third-order valence-electron chi connectivity index (χ3n) is 2.65. The largest absolute Gasteiger partial charge is 0.466 e. The molecule has 82 valence electrons. The van der Waals surface area contributed by atoms with Gasteiger partial charge >= 0.3 is 5.97 Å². The smallest absolute Gasteiger partial charge is 0.308 e. The summed E-state index contributed by atoms with van der Waals surface area (Å²) in [4.78, 5) is 10.9. The number of hydrogen-bond donors (Lipinski definition) is 0. The molecular formula is C11H20O3. The molecule has 0 saturated heterocycles. The van der Waals surface area contributed by atoms with Gasteiger partial charge in [0.25, 0.3) is 0 Å². The van der Waals surface area contributed by atoms with Crippen molar-refractivity contribution in [2.75, 3.05) is 19.8 Å². The van der Waals surface area contributed by atoms with Gasteiger partial charge in [0.2, 0.25) is 0 Å². The zero-order valence-electron chi connectivity index (χ0n) is 8.96. The van der Waals surface area contributed by atoms with E-state index in [9.17, 15) is 4.79 Å². The van der Waals surface area contributed by atoms with E-state index in [4.69, 9.17) is 9.47 Å². The van der Waals surface area contributed by atoms with Crippen molar-refractivity contribution in [2.24, 2.45) is 5.92 Å². The predicted octanol–water partition coefficient (Wildman–Crippen LogP) is 2.15. The van der Waals surface area contributed by atoms with Gasteiger partial charge in [0, 0.05) is 6.61 Å². The van der Waals surface area contributed by atoms with E-state index in [2.05, 4.69) is 0 Å². The zero-order chi connectivity index (χ0) is 10.2. The summed E-state index contributed by atoms with van der Waals surface area (Å²) < 4.78 is 10.1. The molecule has 14 heavy (non-hydrogen) atoms. The molecule has 0 N–H and O–H groups in total. The third kappa shape index (κ3) is 4.61. The maximum absolute atomic E-state index is 10.9. The highest BCUT2D eigenvalue weighted by Crippen LogP contribution is 2.28. The molecule has 1 aliphatic rings. The number of esters is 1. The lowest BCUT2D eigenvalue weighted by Crippen LogP contribution is -2.14. The molecular weight excluding hydrogens is 180 g/mol. The Morgan fingerprint density at radius 2 is 2.14 bits per heavy atom. The summed E-state index contributed by atoms with van der Waals surface area (Å²) in [5.41, 5.74) is 0. The molecule has 0 aromatic heterocycles. The predicted molar refractivity (Wildman–Crippen MR) is 54.0 cm³/mol. The lowest BCUT2D eigenvalue weighted by molar-refractivity contribution is -0.144. The zero-order valence-corrected chi connectivity index (χ0v) is 8.96. The first-order valence-electron chi connectivity index (χ1n) is 5.56. The van der Waals surface area contributed by atoms with E-state index in [-0.39, 0.29) is 5.97 Å². The third-order valence-corrected chi connectivity index (χ3v) is 2.65. The van der Waals surface area contributed by atoms with Crippen LogP contribution in [-0.2, 0) is 14.3 Å². The van der Waals surface area contributed by atoms with E-state index in [0.717, 1.165) is 18.9 Å². The second-order valence-corrected chi connectivity index (χ2v) is 3.75. The van der Waals surface area contributed by atoms with E-state index in [1.165, 1.54) is 19.3 Å². The minimum Gasteiger partial charge on any atom is -0.466 e. The van der Waals surface area contributed by atoms with Crippen LogP contribution in [0.5, 0.6) is 0 Å². The number of carbonyl (C=O) groups is 1. The van der Waals surface area contributed by atoms with Crippen molar-refractivity contribution in [3.8, 4) is 0 Å². The number of rotatable bonds is 7. The first-order valence-corrected chi connectivity index (χ1v) is 5.56. The summed E-state index contributed by atoms with van der Waals surface area (Å²) in [5, 5.41) is 0. The molecule has 0 unspecified atom stereocenters. The second-order valence-electron chi connectivity index (χ2n) is 3.75. The molecule has 0 aromatic carbocycles. The average Bonchev–Trinajstić information content (AvgIpc) is 2.08. The Balaban J connectivity index is 1.81. The highest BCUT2D eigenvalue weighted by molar-refractivity contribution is 5.69. The van der Waals surface area contributed by atoms with Crippen LogP contribution >= 0.6 is 0 Å². The van der Waals surface area contributed by atoms with Crippen molar-refractivity contribution >= 4 is 5.97 Å². The molecule has 0 aliphatic heterocycles. The van der Waals surface area contributed by atoms with Gasteiger partial charge in [-0.05, 0) is 19.3 Å². The standard InChI is InChI=1S/C11H20O3/c1-2-14-11(12)7-9-13-8-6-10-4-3-5-10/h10H,2-9H2,1H3. The van der Waals surface area contributed by atoms with Crippen LogP contribution in [0.4, 0.5) is 0 Å². The number of hydrogen-bond acceptors (Lipinski definition) is 3. The van der Waals surface area contributed by atoms with E-state index >= 15 is 0 Å². The van der Waals surface area contributed by atoms with Gasteiger partial charge < -0.3 is 9.47 Å². The summed E-state index contributed by atoms with van der Waals surface area (Å²) in [6, 6.07) is 0. The van der Waals surface area contributed by atoms with Gasteiger partial charge in [-0.25, -0.2) is 0 Å². The lowest BCUT2D eigenvalue weighted by atomic mass is 9.83. The summed E-state index contributed by atoms with van der Waals surface area (Å²) in [6.45, 7) is 3.58. The summed E-state index contributed by atoms with van der Waals surface area (Å²) in [5.74, 6) is 0.730. The van der Waals surface area contributed by atoms with Gasteiger partial charge in [-0.15, -0.1) is 0 Å². The van der Waals surface area contributed by atoms with E-state index in [0.29, 0.717) is 19.6 Å². The quantitative estimate of drug-likeness (QED) is 0.466. The summed E-state index contributed by atoms with van der Waals surface area (Å²) in [6.07, 6.45) is 5.65. The Hall–Kier alpha value is -0.570. The van der Waals surface area contributed by atoms with Crippen molar-refractivity contribution in [1.82, 2.24) is 0 Å². The van der Waals surface area contributed by atoms with Crippen molar-refractivity contribution in [1.29, 1.82) is 0 Å². The van der Waals surface area contributed by atoms with Crippen molar-refractivity contribution in [3.05, 3.63) is 0 Å². The SMILES string of the molecule is CCOC(=O)CCOCCC1CCC1. The number of carbonyl (C=O) groups excluding carboxylic acids is 1. The van der Waals surface area contributed by atoms with Crippen molar-refractivity contribution in [3.63, 3.8) is 0 Å². The summed E-state index contributed by atoms with van der Waals surface area (Å²) in [7, 11) is 0. The van der Waals surface area contributed by atoms with E-state index < -0.39 is 0 Å². The highest BCUT2D eigenvalue weighted by Gasteiger charge is 2.16. The molecule has 0 amide bonds. The van der Waals surface area contributed by atoms with Gasteiger partial charge in [-0.1, -0.05) is 19.3 Å². The second kappa shape index (κ2) is 6.82. The van der Waals surface area contributed by atoms with Crippen LogP contribution in [0.25, 0.3) is 0 Å². The Morgan fingerprint density at radius 3 is 2.71 bits per heavy atom. The highest BCUT2D eigenvalue weighted by atomic mass is 16.5. The molecule has 1 saturated carbocycles. The molecule has 0 heterocycles. The van der Waals surface area contributed by atoms with Crippen molar-refractivity contribution < 1.29 is 14.3 Å². The molecule has 0 atom stereocenters. The van der Waals surface area contributed by atoms with Crippen LogP contribution in [0, 0.1) is 5.92 Å². The first-order chi connectivity index (χ1) is 6.83. The topological polar surface area (TPSA) is 35.5 Å². The summed E-state index contributed by atoms with van der Waals surface area (Å²) >= 11 is 0. The monoisotopic (exact) mass is 200 g/mol. The van der Waals surface area contributed by atoms with Crippen LogP contribution in [0.15, 0.2) is 0 Å². The van der Waals surface area contributed by atoms with Gasteiger partial charge in [0.15, 0.2) is 0 Å². The molecule has 1 aliphatic carbocycles. The van der Waals surface area contributed by atoms with Gasteiger partial charge in [-0.3, -0.25) is 4.79 Å². The maximum Gasteiger partial charge on any atom is 0.308 e. The minimum atomic E-state index is -0.156. The number of ether oxygens (including phenoxy) is 2. The molecule has 3 nitrogen and oxygen atoms in total. The lowest BCUT2D eigenvalue weighted by Gasteiger charge is -2.24. The van der Waals surface area contributed by atoms with Crippen LogP contribution in [0.3, 0.4) is 0 Å². The first kappa shape index (κ1) is 11.5. The Bertz CT molecular complexity index is 164. The molecule has 0 radical (unpaired) electrons. The van der Waals surface area contributed by atoms with Gasteiger partial charge in [0.1, 0.15) is 0 Å². The van der Waals surface area contributed by atoms with Crippen LogP contribution in [0.1, 0.15) is 39.0 Å². The molecule has 0 spiro atoms. The Kier molecular flexibility index (Phi) is 5.60. The van der Waals surface area contributed by atoms with Crippen LogP contribution in [-0.4, -0.2) is 25.8 Å². The Morgan fingerprint density at radius 1 is 1.36 bits per heavy atom. The van der Waals surface area contributed by atoms with Gasteiger partial charge in [-0.2, -0.15) is 0 Å². The minimum absolute atomic E-state index is 0.156. The fourth-order valence-electron chi connectivity index (χ4n) is 1.52. The van der Waals surface area contributed by atoms with E-state index in [1.807, 2.05) is 6.92 Å². The van der Waals surface area contributed by atoms with Gasteiger partial charge in [0.05, 0.1) is 19.6 Å². The molecule has 3 heteroatoms. The van der Waals surface area contributed by atoms with Crippen LogP contribution in [0.2, 0.25) is 0 Å². The normalized spacial score (nSPS) is 16.4. The van der Waals surface area contributed by atoms with Crippen LogP contribution < -0.4 is 0 Å².